The molecule has 1 aliphatic heterocycles. The van der Waals surface area contributed by atoms with Crippen LogP contribution in [0.2, 0.25) is 0 Å². The molecule has 4 saturated carbocycles. The van der Waals surface area contributed by atoms with Gasteiger partial charge in [-0.05, 0) is 68.4 Å². The van der Waals surface area contributed by atoms with Crippen molar-refractivity contribution < 1.29 is 14.6 Å². The zero-order valence-electron chi connectivity index (χ0n) is 15.9. The molecule has 1 aromatic rings. The number of aromatic nitrogens is 1. The molecule has 2 heterocycles. The number of hydrogen-bond donors (Lipinski definition) is 2. The Morgan fingerprint density at radius 1 is 1.36 bits per heavy atom. The molecule has 7 nitrogen and oxygen atoms in total. The summed E-state index contributed by atoms with van der Waals surface area (Å²) in [5.74, 6) is 1.79. The lowest BCUT2D eigenvalue weighted by molar-refractivity contribution is -0.177. The molecular formula is C21H26N4O3. The fourth-order valence-electron chi connectivity index (χ4n) is 6.17. The zero-order chi connectivity index (χ0) is 19.3. The van der Waals surface area contributed by atoms with Crippen LogP contribution in [0.4, 0.5) is 10.6 Å². The molecule has 148 valence electrons. The highest BCUT2D eigenvalue weighted by atomic mass is 16.6. The molecule has 3 unspecified atom stereocenters. The highest BCUT2D eigenvalue weighted by molar-refractivity contribution is 5.68. The number of likely N-dealkylation sites (tertiary alicyclic amines) is 1. The molecule has 1 amide bonds. The average molecular weight is 382 g/mol. The molecule has 1 saturated heterocycles. The van der Waals surface area contributed by atoms with Crippen LogP contribution in [0.25, 0.3) is 0 Å². The summed E-state index contributed by atoms with van der Waals surface area (Å²) in [6, 6.07) is 5.68. The monoisotopic (exact) mass is 382 g/mol. The Morgan fingerprint density at radius 3 is 2.86 bits per heavy atom. The van der Waals surface area contributed by atoms with Crippen LogP contribution in [0.15, 0.2) is 18.3 Å². The van der Waals surface area contributed by atoms with E-state index in [0.717, 1.165) is 38.5 Å². The molecule has 1 aromatic heterocycles. The SMILES string of the molecule is N#Cc1cccnc1N[C@@H]1CCN(C(=O)OC2C3CC4C[C@H]2C[C@@](O)(C4)C3)C1. The summed E-state index contributed by atoms with van der Waals surface area (Å²) in [5.41, 5.74) is -0.00140. The van der Waals surface area contributed by atoms with Crippen molar-refractivity contribution in [1.29, 1.82) is 5.26 Å². The summed E-state index contributed by atoms with van der Waals surface area (Å²) in [5, 5.41) is 23.2. The van der Waals surface area contributed by atoms with E-state index >= 15 is 0 Å². The van der Waals surface area contributed by atoms with E-state index in [1.807, 2.05) is 0 Å². The van der Waals surface area contributed by atoms with Crippen LogP contribution in [0, 0.1) is 29.1 Å². The number of nitriles is 1. The highest BCUT2D eigenvalue weighted by Gasteiger charge is 2.56. The Kier molecular flexibility index (Phi) is 4.20. The number of nitrogens with zero attached hydrogens (tertiary/aromatic N) is 3. The topological polar surface area (TPSA) is 98.5 Å². The Balaban J connectivity index is 1.19. The number of nitrogens with one attached hydrogen (secondary N) is 1. The minimum absolute atomic E-state index is 0.0442. The predicted molar refractivity (Wildman–Crippen MR) is 101 cm³/mol. The first kappa shape index (κ1) is 17.7. The van der Waals surface area contributed by atoms with Crippen molar-refractivity contribution in [2.45, 2.75) is 56.3 Å². The van der Waals surface area contributed by atoms with Gasteiger partial charge in [0.25, 0.3) is 0 Å². The van der Waals surface area contributed by atoms with Gasteiger partial charge in [0.15, 0.2) is 0 Å². The Bertz CT molecular complexity index is 806. The van der Waals surface area contributed by atoms with Crippen molar-refractivity contribution in [2.75, 3.05) is 18.4 Å². The number of amides is 1. The van der Waals surface area contributed by atoms with Gasteiger partial charge in [0.05, 0.1) is 11.2 Å². The minimum atomic E-state index is -0.511. The Hall–Kier alpha value is -2.33. The van der Waals surface area contributed by atoms with Crippen LogP contribution >= 0.6 is 0 Å². The normalized spacial score (nSPS) is 38.3. The lowest BCUT2D eigenvalue weighted by Crippen LogP contribution is -2.58. The van der Waals surface area contributed by atoms with Crippen molar-refractivity contribution in [3.63, 3.8) is 0 Å². The van der Waals surface area contributed by atoms with Crippen molar-refractivity contribution in [3.8, 4) is 6.07 Å². The maximum Gasteiger partial charge on any atom is 0.410 e. The number of hydrogen-bond acceptors (Lipinski definition) is 6. The van der Waals surface area contributed by atoms with E-state index in [-0.39, 0.29) is 18.2 Å². The number of carbonyl (C=O) groups excluding carboxylic acids is 1. The quantitative estimate of drug-likeness (QED) is 0.833. The van der Waals surface area contributed by atoms with Crippen LogP contribution in [-0.4, -0.2) is 51.9 Å². The van der Waals surface area contributed by atoms with Gasteiger partial charge in [0.2, 0.25) is 0 Å². The van der Waals surface area contributed by atoms with E-state index in [9.17, 15) is 15.2 Å². The summed E-state index contributed by atoms with van der Waals surface area (Å²) in [6.45, 7) is 1.19. The minimum Gasteiger partial charge on any atom is -0.446 e. The second-order valence-corrected chi connectivity index (χ2v) is 9.13. The number of aliphatic hydroxyl groups is 1. The zero-order valence-corrected chi connectivity index (χ0v) is 15.9. The highest BCUT2D eigenvalue weighted by Crippen LogP contribution is 2.56. The van der Waals surface area contributed by atoms with E-state index in [1.54, 1.807) is 23.2 Å². The first-order valence-electron chi connectivity index (χ1n) is 10.3. The third kappa shape index (κ3) is 3.10. The van der Waals surface area contributed by atoms with Gasteiger partial charge in [-0.15, -0.1) is 0 Å². The molecule has 4 aliphatic carbocycles. The van der Waals surface area contributed by atoms with Crippen molar-refractivity contribution in [2.24, 2.45) is 17.8 Å². The van der Waals surface area contributed by atoms with Crippen LogP contribution in [-0.2, 0) is 4.74 Å². The third-order valence-corrected chi connectivity index (χ3v) is 7.11. The summed E-state index contributed by atoms with van der Waals surface area (Å²) in [6.07, 6.45) is 6.82. The summed E-state index contributed by atoms with van der Waals surface area (Å²) >= 11 is 0. The molecule has 0 radical (unpaired) electrons. The maximum absolute atomic E-state index is 12.8. The third-order valence-electron chi connectivity index (χ3n) is 7.11. The summed E-state index contributed by atoms with van der Waals surface area (Å²) < 4.78 is 5.98. The second kappa shape index (κ2) is 6.63. The van der Waals surface area contributed by atoms with Crippen LogP contribution in [0.5, 0.6) is 0 Å². The van der Waals surface area contributed by atoms with Gasteiger partial charge in [-0.1, -0.05) is 0 Å². The van der Waals surface area contributed by atoms with E-state index in [4.69, 9.17) is 4.74 Å². The molecule has 5 fully saturated rings. The van der Waals surface area contributed by atoms with Crippen molar-refractivity contribution >= 4 is 11.9 Å². The molecule has 7 heteroatoms. The van der Waals surface area contributed by atoms with E-state index in [2.05, 4.69) is 16.4 Å². The van der Waals surface area contributed by atoms with Crippen molar-refractivity contribution in [1.82, 2.24) is 9.88 Å². The Labute approximate surface area is 164 Å². The van der Waals surface area contributed by atoms with Crippen molar-refractivity contribution in [3.05, 3.63) is 23.9 Å². The lowest BCUT2D eigenvalue weighted by Gasteiger charge is -2.57. The number of anilines is 1. The van der Waals surface area contributed by atoms with Crippen LogP contribution in [0.1, 0.15) is 44.1 Å². The molecule has 0 aromatic carbocycles. The molecule has 6 rings (SSSR count). The average Bonchev–Trinajstić information content (AvgIpc) is 3.12. The van der Waals surface area contributed by atoms with Gasteiger partial charge < -0.3 is 20.1 Å². The first-order chi connectivity index (χ1) is 13.5. The maximum atomic E-state index is 12.8. The molecular weight excluding hydrogens is 356 g/mol. The summed E-state index contributed by atoms with van der Waals surface area (Å²) in [4.78, 5) is 18.8. The summed E-state index contributed by atoms with van der Waals surface area (Å²) in [7, 11) is 0. The largest absolute Gasteiger partial charge is 0.446 e. The number of ether oxygens (including phenoxy) is 1. The van der Waals surface area contributed by atoms with Gasteiger partial charge >= 0.3 is 6.09 Å². The van der Waals surface area contributed by atoms with Gasteiger partial charge in [-0.2, -0.15) is 5.26 Å². The number of pyridine rings is 1. The van der Waals surface area contributed by atoms with Gasteiger partial charge in [0.1, 0.15) is 18.0 Å². The lowest BCUT2D eigenvalue weighted by atomic mass is 9.53. The van der Waals surface area contributed by atoms with Gasteiger partial charge in [-0.25, -0.2) is 9.78 Å². The van der Waals surface area contributed by atoms with Crippen LogP contribution in [0.3, 0.4) is 0 Å². The first-order valence-corrected chi connectivity index (χ1v) is 10.3. The van der Waals surface area contributed by atoms with E-state index in [1.165, 1.54) is 0 Å². The predicted octanol–water partition coefficient (Wildman–Crippen LogP) is 2.52. The molecule has 0 spiro atoms. The van der Waals surface area contributed by atoms with Crippen LogP contribution < -0.4 is 5.32 Å². The molecule has 5 aliphatic rings. The number of carbonyl (C=O) groups is 1. The van der Waals surface area contributed by atoms with Gasteiger partial charge in [0, 0.05) is 25.3 Å². The fourth-order valence-corrected chi connectivity index (χ4v) is 6.17. The number of rotatable bonds is 3. The smallest absolute Gasteiger partial charge is 0.410 e. The molecule has 2 N–H and O–H groups in total. The van der Waals surface area contributed by atoms with E-state index < -0.39 is 5.60 Å². The molecule has 28 heavy (non-hydrogen) atoms. The Morgan fingerprint density at radius 2 is 2.14 bits per heavy atom. The molecule has 4 bridgehead atoms. The van der Waals surface area contributed by atoms with E-state index in [0.29, 0.717) is 42.2 Å². The van der Waals surface area contributed by atoms with Gasteiger partial charge in [-0.3, -0.25) is 0 Å². The second-order valence-electron chi connectivity index (χ2n) is 9.13. The standard InChI is InChI=1S/C21H26N4O3/c22-11-14-2-1-4-23-19(14)24-17-3-5-25(12-17)20(26)28-18-15-6-13-7-16(18)10-21(27,8-13)9-15/h1-2,4,13,15-18,27H,3,5-10,12H2,(H,23,24)/t13?,15-,16?,17+,18?,21-/m0/s1. The fraction of sp³-hybridized carbons (Fsp3) is 0.667. The molecule has 6 atom stereocenters.